The van der Waals surface area contributed by atoms with E-state index in [0.29, 0.717) is 5.56 Å². The number of carbonyl (C=O) groups is 1. The van der Waals surface area contributed by atoms with Crippen LogP contribution in [0.5, 0.6) is 0 Å². The summed E-state index contributed by atoms with van der Waals surface area (Å²) in [5, 5.41) is 14.7. The van der Waals surface area contributed by atoms with Gasteiger partial charge in [0, 0.05) is 5.56 Å². The number of aliphatic hydroxyl groups excluding tert-OH is 1. The number of hydrogen-bond donors (Lipinski definition) is 2. The summed E-state index contributed by atoms with van der Waals surface area (Å²) >= 11 is 0. The Morgan fingerprint density at radius 1 is 1.10 bits per heavy atom. The van der Waals surface area contributed by atoms with Crippen molar-refractivity contribution in [3.05, 3.63) is 48.0 Å². The molecule has 1 aliphatic carbocycles. The molecule has 3 heteroatoms. The Hall–Kier alpha value is -1.87. The Morgan fingerprint density at radius 2 is 1.80 bits per heavy atom. The van der Waals surface area contributed by atoms with Crippen molar-refractivity contribution in [1.82, 2.24) is 5.32 Å². The number of benzene rings is 2. The first-order valence-corrected chi connectivity index (χ1v) is 7.15. The van der Waals surface area contributed by atoms with Gasteiger partial charge >= 0.3 is 0 Å². The first-order chi connectivity index (χ1) is 9.74. The average molecular weight is 269 g/mol. The first-order valence-electron chi connectivity index (χ1n) is 7.15. The van der Waals surface area contributed by atoms with E-state index >= 15 is 0 Å². The van der Waals surface area contributed by atoms with E-state index in [9.17, 15) is 9.90 Å². The minimum atomic E-state index is -0.423. The SMILES string of the molecule is O=C(NC1(CO)CCCC1)c1cccc2ccccc12. The predicted molar refractivity (Wildman–Crippen MR) is 79.7 cm³/mol. The Labute approximate surface area is 118 Å². The Balaban J connectivity index is 1.93. The van der Waals surface area contributed by atoms with Crippen LogP contribution in [0, 0.1) is 0 Å². The molecule has 3 nitrogen and oxygen atoms in total. The largest absolute Gasteiger partial charge is 0.394 e. The number of nitrogens with one attached hydrogen (secondary N) is 1. The summed E-state index contributed by atoms with van der Waals surface area (Å²) in [5.74, 6) is -0.0854. The van der Waals surface area contributed by atoms with Crippen molar-refractivity contribution >= 4 is 16.7 Å². The number of rotatable bonds is 3. The average Bonchev–Trinajstić information content (AvgIpc) is 2.95. The number of fused-ring (bicyclic) bond motifs is 1. The highest BCUT2D eigenvalue weighted by molar-refractivity contribution is 6.07. The molecule has 0 radical (unpaired) electrons. The van der Waals surface area contributed by atoms with Crippen molar-refractivity contribution in [2.45, 2.75) is 31.2 Å². The van der Waals surface area contributed by atoms with E-state index in [2.05, 4.69) is 5.32 Å². The van der Waals surface area contributed by atoms with Gasteiger partial charge in [0.15, 0.2) is 0 Å². The van der Waals surface area contributed by atoms with Gasteiger partial charge in [-0.05, 0) is 29.7 Å². The molecule has 104 valence electrons. The molecule has 1 fully saturated rings. The fourth-order valence-corrected chi connectivity index (χ4v) is 3.11. The Bertz CT molecular complexity index is 624. The molecule has 2 aromatic carbocycles. The topological polar surface area (TPSA) is 49.3 Å². The standard InChI is InChI=1S/C17H19NO2/c19-12-17(10-3-4-11-17)18-16(20)15-9-5-7-13-6-1-2-8-14(13)15/h1-2,5-9,19H,3-4,10-12H2,(H,18,20). The van der Waals surface area contributed by atoms with Crippen LogP contribution in [-0.4, -0.2) is 23.2 Å². The molecule has 20 heavy (non-hydrogen) atoms. The van der Waals surface area contributed by atoms with E-state index in [-0.39, 0.29) is 12.5 Å². The van der Waals surface area contributed by atoms with Crippen molar-refractivity contribution in [2.24, 2.45) is 0 Å². The maximum atomic E-state index is 12.6. The van der Waals surface area contributed by atoms with Gasteiger partial charge in [0.2, 0.25) is 0 Å². The molecule has 0 bridgehead atoms. The van der Waals surface area contributed by atoms with Crippen molar-refractivity contribution < 1.29 is 9.90 Å². The van der Waals surface area contributed by atoms with Crippen molar-refractivity contribution in [1.29, 1.82) is 0 Å². The second kappa shape index (κ2) is 5.25. The second-order valence-electron chi connectivity index (χ2n) is 5.63. The Morgan fingerprint density at radius 3 is 2.55 bits per heavy atom. The van der Waals surface area contributed by atoms with Gasteiger partial charge in [0.05, 0.1) is 12.1 Å². The number of aliphatic hydroxyl groups is 1. The van der Waals surface area contributed by atoms with Crippen LogP contribution in [0.15, 0.2) is 42.5 Å². The zero-order valence-electron chi connectivity index (χ0n) is 11.4. The van der Waals surface area contributed by atoms with Gasteiger partial charge in [0.25, 0.3) is 5.91 Å². The van der Waals surface area contributed by atoms with E-state index in [4.69, 9.17) is 0 Å². The first kappa shape index (κ1) is 13.1. The van der Waals surface area contributed by atoms with Gasteiger partial charge in [0.1, 0.15) is 0 Å². The molecular formula is C17H19NO2. The smallest absolute Gasteiger partial charge is 0.252 e. The highest BCUT2D eigenvalue weighted by Gasteiger charge is 2.35. The van der Waals surface area contributed by atoms with Crippen LogP contribution in [0.3, 0.4) is 0 Å². The van der Waals surface area contributed by atoms with Crippen LogP contribution < -0.4 is 5.32 Å². The van der Waals surface area contributed by atoms with Gasteiger partial charge in [-0.2, -0.15) is 0 Å². The fourth-order valence-electron chi connectivity index (χ4n) is 3.11. The van der Waals surface area contributed by atoms with Gasteiger partial charge in [-0.3, -0.25) is 4.79 Å². The third-order valence-corrected chi connectivity index (χ3v) is 4.28. The summed E-state index contributed by atoms with van der Waals surface area (Å²) in [6.07, 6.45) is 3.85. The highest BCUT2D eigenvalue weighted by atomic mass is 16.3. The molecule has 0 heterocycles. The van der Waals surface area contributed by atoms with Gasteiger partial charge in [-0.15, -0.1) is 0 Å². The van der Waals surface area contributed by atoms with Gasteiger partial charge < -0.3 is 10.4 Å². The third kappa shape index (κ3) is 2.29. The van der Waals surface area contributed by atoms with Gasteiger partial charge in [-0.25, -0.2) is 0 Å². The summed E-state index contributed by atoms with van der Waals surface area (Å²) in [6, 6.07) is 13.6. The molecule has 2 aromatic rings. The van der Waals surface area contributed by atoms with E-state index in [1.54, 1.807) is 0 Å². The van der Waals surface area contributed by atoms with Crippen LogP contribution in [0.4, 0.5) is 0 Å². The molecule has 1 saturated carbocycles. The molecule has 2 N–H and O–H groups in total. The van der Waals surface area contributed by atoms with E-state index < -0.39 is 5.54 Å². The van der Waals surface area contributed by atoms with Crippen LogP contribution in [0.25, 0.3) is 10.8 Å². The Kier molecular flexibility index (Phi) is 3.45. The monoisotopic (exact) mass is 269 g/mol. The van der Waals surface area contributed by atoms with Crippen molar-refractivity contribution in [3.8, 4) is 0 Å². The molecule has 1 amide bonds. The van der Waals surface area contributed by atoms with Crippen molar-refractivity contribution in [2.75, 3.05) is 6.61 Å². The lowest BCUT2D eigenvalue weighted by molar-refractivity contribution is 0.0840. The summed E-state index contributed by atoms with van der Waals surface area (Å²) < 4.78 is 0. The minimum Gasteiger partial charge on any atom is -0.394 e. The molecular weight excluding hydrogens is 250 g/mol. The minimum absolute atomic E-state index is 0.0174. The van der Waals surface area contributed by atoms with Crippen LogP contribution in [0.2, 0.25) is 0 Å². The summed E-state index contributed by atoms with van der Waals surface area (Å²) in [5.41, 5.74) is 0.261. The predicted octanol–water partition coefficient (Wildman–Crippen LogP) is 2.87. The van der Waals surface area contributed by atoms with Crippen molar-refractivity contribution in [3.63, 3.8) is 0 Å². The lowest BCUT2D eigenvalue weighted by Gasteiger charge is -2.28. The zero-order valence-corrected chi connectivity index (χ0v) is 11.4. The van der Waals surface area contributed by atoms with E-state index in [1.165, 1.54) is 0 Å². The molecule has 0 saturated heterocycles. The van der Waals surface area contributed by atoms with Crippen LogP contribution >= 0.6 is 0 Å². The molecule has 0 aromatic heterocycles. The van der Waals surface area contributed by atoms with E-state index in [0.717, 1.165) is 36.5 Å². The van der Waals surface area contributed by atoms with Gasteiger partial charge in [-0.1, -0.05) is 49.2 Å². The summed E-state index contributed by atoms with van der Waals surface area (Å²) in [7, 11) is 0. The summed E-state index contributed by atoms with van der Waals surface area (Å²) in [6.45, 7) is 0.0174. The second-order valence-corrected chi connectivity index (χ2v) is 5.63. The zero-order chi connectivity index (χ0) is 14.0. The molecule has 0 atom stereocenters. The quantitative estimate of drug-likeness (QED) is 0.900. The molecule has 0 spiro atoms. The molecule has 3 rings (SSSR count). The molecule has 0 unspecified atom stereocenters. The highest BCUT2D eigenvalue weighted by Crippen LogP contribution is 2.30. The number of hydrogen-bond acceptors (Lipinski definition) is 2. The normalized spacial score (nSPS) is 17.2. The van der Waals surface area contributed by atoms with Crippen LogP contribution in [-0.2, 0) is 0 Å². The van der Waals surface area contributed by atoms with Crippen LogP contribution in [0.1, 0.15) is 36.0 Å². The maximum Gasteiger partial charge on any atom is 0.252 e. The summed E-state index contributed by atoms with van der Waals surface area (Å²) in [4.78, 5) is 12.6. The van der Waals surface area contributed by atoms with E-state index in [1.807, 2.05) is 42.5 Å². The fraction of sp³-hybridized carbons (Fsp3) is 0.353. The molecule has 0 aliphatic heterocycles. The lowest BCUT2D eigenvalue weighted by atomic mass is 9.97. The lowest BCUT2D eigenvalue weighted by Crippen LogP contribution is -2.49. The number of amides is 1. The maximum absolute atomic E-state index is 12.6. The molecule has 1 aliphatic rings. The third-order valence-electron chi connectivity index (χ3n) is 4.28. The number of carbonyl (C=O) groups excluding carboxylic acids is 1.